The average molecular weight is 327 g/mol. The minimum atomic E-state index is 0.0105. The van der Waals surface area contributed by atoms with Crippen molar-refractivity contribution in [2.24, 2.45) is 11.8 Å². The number of halogens is 1. The van der Waals surface area contributed by atoms with E-state index in [9.17, 15) is 9.59 Å². The highest BCUT2D eigenvalue weighted by molar-refractivity contribution is 14.1. The Labute approximate surface area is 107 Å². The lowest BCUT2D eigenvalue weighted by atomic mass is 10.2. The van der Waals surface area contributed by atoms with Gasteiger partial charge in [-0.25, -0.2) is 0 Å². The van der Waals surface area contributed by atoms with E-state index in [-0.39, 0.29) is 23.7 Å². The number of rotatable bonds is 2. The number of carbonyl (C=O) groups excluding carboxylic acids is 2. The number of piperidine rings is 1. The van der Waals surface area contributed by atoms with Crippen molar-refractivity contribution in [1.82, 2.24) is 4.90 Å². The standard InChI is InChI=1S/C12H10INO2/c13-8-3-1-7(2-4-8)6-14-11(15)9-5-10(9)12(14)16/h1-4,9-10H,5-6H2. The first kappa shape index (κ1) is 10.3. The lowest BCUT2D eigenvalue weighted by Crippen LogP contribution is -2.32. The fourth-order valence-corrected chi connectivity index (χ4v) is 2.54. The molecule has 0 N–H and O–H groups in total. The van der Waals surface area contributed by atoms with Gasteiger partial charge in [-0.1, -0.05) is 12.1 Å². The molecule has 4 heteroatoms. The van der Waals surface area contributed by atoms with Gasteiger partial charge in [0.15, 0.2) is 0 Å². The third-order valence-electron chi connectivity index (χ3n) is 3.21. The number of amides is 2. The molecule has 1 aromatic carbocycles. The Balaban J connectivity index is 1.78. The molecule has 1 saturated carbocycles. The second-order valence-corrected chi connectivity index (χ2v) is 5.58. The van der Waals surface area contributed by atoms with Crippen LogP contribution in [-0.4, -0.2) is 16.7 Å². The summed E-state index contributed by atoms with van der Waals surface area (Å²) in [5, 5.41) is 0. The van der Waals surface area contributed by atoms with Crippen molar-refractivity contribution < 1.29 is 9.59 Å². The van der Waals surface area contributed by atoms with E-state index in [1.807, 2.05) is 24.3 Å². The molecule has 82 valence electrons. The Bertz CT molecular complexity index is 448. The molecule has 1 saturated heterocycles. The van der Waals surface area contributed by atoms with Crippen molar-refractivity contribution >= 4 is 34.4 Å². The summed E-state index contributed by atoms with van der Waals surface area (Å²) in [6, 6.07) is 7.90. The van der Waals surface area contributed by atoms with E-state index in [4.69, 9.17) is 0 Å². The Morgan fingerprint density at radius 2 is 1.69 bits per heavy atom. The molecule has 1 aliphatic carbocycles. The van der Waals surface area contributed by atoms with Crippen molar-refractivity contribution in [3.63, 3.8) is 0 Å². The zero-order chi connectivity index (χ0) is 11.3. The van der Waals surface area contributed by atoms with Crippen LogP contribution in [0.4, 0.5) is 0 Å². The predicted octanol–water partition coefficient (Wildman–Crippen LogP) is 1.80. The van der Waals surface area contributed by atoms with Crippen LogP contribution in [0.3, 0.4) is 0 Å². The van der Waals surface area contributed by atoms with Crippen molar-refractivity contribution in [3.05, 3.63) is 33.4 Å². The maximum absolute atomic E-state index is 11.7. The molecule has 2 fully saturated rings. The number of likely N-dealkylation sites (tertiary alicyclic amines) is 1. The van der Waals surface area contributed by atoms with Gasteiger partial charge in [0.05, 0.1) is 18.4 Å². The maximum Gasteiger partial charge on any atom is 0.233 e. The molecule has 0 bridgehead atoms. The molecule has 2 aliphatic rings. The van der Waals surface area contributed by atoms with Gasteiger partial charge in [0.1, 0.15) is 0 Å². The fraction of sp³-hybridized carbons (Fsp3) is 0.333. The predicted molar refractivity (Wildman–Crippen MR) is 66.3 cm³/mol. The molecule has 3 rings (SSSR count). The molecule has 0 aromatic heterocycles. The second-order valence-electron chi connectivity index (χ2n) is 4.34. The van der Waals surface area contributed by atoms with Gasteiger partial charge >= 0.3 is 0 Å². The molecule has 2 atom stereocenters. The lowest BCUT2D eigenvalue weighted by Gasteiger charge is -2.16. The van der Waals surface area contributed by atoms with Gasteiger partial charge in [-0.15, -0.1) is 0 Å². The van der Waals surface area contributed by atoms with Gasteiger partial charge in [-0.3, -0.25) is 14.5 Å². The SMILES string of the molecule is O=C1C2CC2C(=O)N1Cc1ccc(I)cc1. The monoisotopic (exact) mass is 327 g/mol. The molecule has 2 amide bonds. The van der Waals surface area contributed by atoms with Gasteiger partial charge in [0.25, 0.3) is 0 Å². The molecular weight excluding hydrogens is 317 g/mol. The number of nitrogens with zero attached hydrogens (tertiary/aromatic N) is 1. The number of hydrogen-bond donors (Lipinski definition) is 0. The summed E-state index contributed by atoms with van der Waals surface area (Å²) in [6.07, 6.45) is 0.779. The molecule has 0 spiro atoms. The summed E-state index contributed by atoms with van der Waals surface area (Å²) in [4.78, 5) is 24.9. The molecule has 1 aromatic rings. The number of imide groups is 1. The highest BCUT2D eigenvalue weighted by Crippen LogP contribution is 2.47. The minimum Gasteiger partial charge on any atom is -0.278 e. The molecule has 1 aliphatic heterocycles. The second kappa shape index (κ2) is 3.55. The zero-order valence-electron chi connectivity index (χ0n) is 8.52. The van der Waals surface area contributed by atoms with Crippen LogP contribution >= 0.6 is 22.6 Å². The third-order valence-corrected chi connectivity index (χ3v) is 3.93. The molecular formula is C12H10INO2. The Morgan fingerprint density at radius 1 is 1.12 bits per heavy atom. The van der Waals surface area contributed by atoms with Crippen LogP contribution in [0.1, 0.15) is 12.0 Å². The van der Waals surface area contributed by atoms with Crippen LogP contribution in [0.2, 0.25) is 0 Å². The molecule has 3 nitrogen and oxygen atoms in total. The molecule has 1 heterocycles. The highest BCUT2D eigenvalue weighted by atomic mass is 127. The fourth-order valence-electron chi connectivity index (χ4n) is 2.18. The topological polar surface area (TPSA) is 37.4 Å². The van der Waals surface area contributed by atoms with Gasteiger partial charge in [0.2, 0.25) is 11.8 Å². The van der Waals surface area contributed by atoms with Crippen molar-refractivity contribution in [2.45, 2.75) is 13.0 Å². The Hall–Kier alpha value is -0.910. The third kappa shape index (κ3) is 1.55. The van der Waals surface area contributed by atoms with Crippen LogP contribution < -0.4 is 0 Å². The molecule has 16 heavy (non-hydrogen) atoms. The number of fused-ring (bicyclic) bond motifs is 1. The quantitative estimate of drug-likeness (QED) is 0.614. The maximum atomic E-state index is 11.7. The largest absolute Gasteiger partial charge is 0.278 e. The van der Waals surface area contributed by atoms with Crippen molar-refractivity contribution in [2.75, 3.05) is 0 Å². The highest BCUT2D eigenvalue weighted by Gasteiger charge is 2.58. The van der Waals surface area contributed by atoms with Gasteiger partial charge in [0, 0.05) is 3.57 Å². The molecule has 2 unspecified atom stereocenters. The van der Waals surface area contributed by atoms with Crippen LogP contribution in [0.25, 0.3) is 0 Å². The van der Waals surface area contributed by atoms with Gasteiger partial charge in [-0.2, -0.15) is 0 Å². The minimum absolute atomic E-state index is 0.0105. The smallest absolute Gasteiger partial charge is 0.233 e. The first-order valence-electron chi connectivity index (χ1n) is 5.26. The number of benzene rings is 1. The first-order valence-corrected chi connectivity index (χ1v) is 6.34. The summed E-state index contributed by atoms with van der Waals surface area (Å²) in [7, 11) is 0. The van der Waals surface area contributed by atoms with Crippen LogP contribution in [0, 0.1) is 15.4 Å². The first-order chi connectivity index (χ1) is 7.66. The normalized spacial score (nSPS) is 27.2. The van der Waals surface area contributed by atoms with E-state index >= 15 is 0 Å². The summed E-state index contributed by atoms with van der Waals surface area (Å²) in [5.41, 5.74) is 1.02. The average Bonchev–Trinajstić information content (AvgIpc) is 3.02. The lowest BCUT2D eigenvalue weighted by molar-refractivity contribution is -0.142. The van der Waals surface area contributed by atoms with E-state index in [1.165, 1.54) is 4.90 Å². The number of carbonyl (C=O) groups is 2. The van der Waals surface area contributed by atoms with Crippen molar-refractivity contribution in [1.29, 1.82) is 0 Å². The van der Waals surface area contributed by atoms with E-state index in [0.29, 0.717) is 6.54 Å². The Kier molecular flexibility index (Phi) is 2.27. The summed E-state index contributed by atoms with van der Waals surface area (Å²) in [6.45, 7) is 0.432. The van der Waals surface area contributed by atoms with E-state index in [2.05, 4.69) is 22.6 Å². The molecule has 0 radical (unpaired) electrons. The van der Waals surface area contributed by atoms with Crippen LogP contribution in [0.15, 0.2) is 24.3 Å². The van der Waals surface area contributed by atoms with Crippen LogP contribution in [-0.2, 0) is 16.1 Å². The van der Waals surface area contributed by atoms with Crippen LogP contribution in [0.5, 0.6) is 0 Å². The van der Waals surface area contributed by atoms with Gasteiger partial charge in [-0.05, 0) is 46.7 Å². The number of hydrogen-bond acceptors (Lipinski definition) is 2. The van der Waals surface area contributed by atoms with Crippen molar-refractivity contribution in [3.8, 4) is 0 Å². The summed E-state index contributed by atoms with van der Waals surface area (Å²) >= 11 is 2.23. The van der Waals surface area contributed by atoms with E-state index < -0.39 is 0 Å². The van der Waals surface area contributed by atoms with E-state index in [1.54, 1.807) is 0 Å². The van der Waals surface area contributed by atoms with E-state index in [0.717, 1.165) is 15.6 Å². The van der Waals surface area contributed by atoms with Gasteiger partial charge < -0.3 is 0 Å². The summed E-state index contributed by atoms with van der Waals surface area (Å²) in [5.74, 6) is 0.0646. The zero-order valence-corrected chi connectivity index (χ0v) is 10.7. The summed E-state index contributed by atoms with van der Waals surface area (Å²) < 4.78 is 1.16. The Morgan fingerprint density at radius 3 is 2.25 bits per heavy atom.